The fourth-order valence-corrected chi connectivity index (χ4v) is 3.88. The summed E-state index contributed by atoms with van der Waals surface area (Å²) in [4.78, 5) is 37.5. The molecule has 1 fully saturated rings. The predicted molar refractivity (Wildman–Crippen MR) is 113 cm³/mol. The lowest BCUT2D eigenvalue weighted by molar-refractivity contribution is -0.117. The predicted octanol–water partition coefficient (Wildman–Crippen LogP) is 2.47. The largest absolute Gasteiger partial charge is 0.378 e. The summed E-state index contributed by atoms with van der Waals surface area (Å²) in [5.41, 5.74) is 1.85. The van der Waals surface area contributed by atoms with Crippen molar-refractivity contribution in [3.05, 3.63) is 47.9 Å². The van der Waals surface area contributed by atoms with E-state index in [4.69, 9.17) is 4.74 Å². The molecule has 2 aromatic heterocycles. The number of carbonyl (C=O) groups is 2. The zero-order valence-corrected chi connectivity index (χ0v) is 17.2. The molecule has 0 spiro atoms. The first-order chi connectivity index (χ1) is 14.6. The van der Waals surface area contributed by atoms with Crippen LogP contribution in [0, 0.1) is 0 Å². The zero-order chi connectivity index (χ0) is 20.9. The van der Waals surface area contributed by atoms with E-state index in [1.165, 1.54) is 0 Å². The summed E-state index contributed by atoms with van der Waals surface area (Å²) >= 11 is 0. The molecule has 8 heteroatoms. The molecule has 0 saturated carbocycles. The van der Waals surface area contributed by atoms with E-state index >= 15 is 0 Å². The van der Waals surface area contributed by atoms with Crippen molar-refractivity contribution in [3.63, 3.8) is 0 Å². The quantitative estimate of drug-likeness (QED) is 0.756. The van der Waals surface area contributed by atoms with Crippen LogP contribution in [-0.2, 0) is 16.1 Å². The summed E-state index contributed by atoms with van der Waals surface area (Å²) in [5.74, 6) is 0.418. The summed E-state index contributed by atoms with van der Waals surface area (Å²) in [6.45, 7) is 2.01. The Hall–Kier alpha value is -3.00. The van der Waals surface area contributed by atoms with Gasteiger partial charge in [-0.2, -0.15) is 0 Å². The van der Waals surface area contributed by atoms with E-state index < -0.39 is 0 Å². The highest BCUT2D eigenvalue weighted by molar-refractivity contribution is 6.03. The number of hydrogen-bond acceptors (Lipinski definition) is 6. The maximum atomic E-state index is 12.9. The molecule has 1 unspecified atom stereocenters. The number of nitrogens with zero attached hydrogens (tertiary/aromatic N) is 4. The SMILES string of the molecule is CN(CCCC1CCCO1)C(=O)c1cnc2c(c1)N(Cc1ccccn1)C(=O)CN2. The second-order valence-electron chi connectivity index (χ2n) is 7.75. The number of rotatable bonds is 7. The molecule has 2 aromatic rings. The van der Waals surface area contributed by atoms with Crippen molar-refractivity contribution in [2.24, 2.45) is 0 Å². The molecule has 1 saturated heterocycles. The second-order valence-corrected chi connectivity index (χ2v) is 7.75. The van der Waals surface area contributed by atoms with E-state index in [1.807, 2.05) is 18.2 Å². The van der Waals surface area contributed by atoms with Crippen LogP contribution in [0.3, 0.4) is 0 Å². The Balaban J connectivity index is 1.45. The zero-order valence-electron chi connectivity index (χ0n) is 17.2. The van der Waals surface area contributed by atoms with Gasteiger partial charge in [-0.05, 0) is 43.9 Å². The number of nitrogens with one attached hydrogen (secondary N) is 1. The molecule has 0 aromatic carbocycles. The number of carbonyl (C=O) groups excluding carboxylic acids is 2. The van der Waals surface area contributed by atoms with Crippen molar-refractivity contribution in [1.29, 1.82) is 0 Å². The number of ether oxygens (including phenoxy) is 1. The number of fused-ring (bicyclic) bond motifs is 1. The monoisotopic (exact) mass is 409 g/mol. The van der Waals surface area contributed by atoms with Crippen LogP contribution in [0.2, 0.25) is 0 Å². The minimum Gasteiger partial charge on any atom is -0.378 e. The highest BCUT2D eigenvalue weighted by Gasteiger charge is 2.27. The van der Waals surface area contributed by atoms with Crippen LogP contribution in [0.4, 0.5) is 11.5 Å². The summed E-state index contributed by atoms with van der Waals surface area (Å²) in [5, 5.41) is 3.03. The van der Waals surface area contributed by atoms with Gasteiger partial charge >= 0.3 is 0 Å². The molecule has 0 aliphatic carbocycles. The summed E-state index contributed by atoms with van der Waals surface area (Å²) in [6, 6.07) is 7.34. The molecule has 158 valence electrons. The number of amides is 2. The molecule has 2 aliphatic rings. The van der Waals surface area contributed by atoms with Gasteiger partial charge in [0.15, 0.2) is 5.82 Å². The molecule has 1 atom stereocenters. The molecule has 4 heterocycles. The van der Waals surface area contributed by atoms with Crippen LogP contribution in [-0.4, -0.2) is 59.5 Å². The highest BCUT2D eigenvalue weighted by atomic mass is 16.5. The number of anilines is 2. The lowest BCUT2D eigenvalue weighted by Crippen LogP contribution is -2.40. The third kappa shape index (κ3) is 4.59. The van der Waals surface area contributed by atoms with Crippen molar-refractivity contribution in [3.8, 4) is 0 Å². The molecule has 1 N–H and O–H groups in total. The van der Waals surface area contributed by atoms with Crippen LogP contribution < -0.4 is 10.2 Å². The lowest BCUT2D eigenvalue weighted by Gasteiger charge is -2.29. The molecule has 30 heavy (non-hydrogen) atoms. The molecule has 0 bridgehead atoms. The maximum absolute atomic E-state index is 12.9. The summed E-state index contributed by atoms with van der Waals surface area (Å²) in [7, 11) is 1.80. The molecular formula is C22H27N5O3. The third-order valence-electron chi connectivity index (χ3n) is 5.55. The molecular weight excluding hydrogens is 382 g/mol. The van der Waals surface area contributed by atoms with Gasteiger partial charge in [0.05, 0.1) is 36.1 Å². The number of pyridine rings is 2. The van der Waals surface area contributed by atoms with Crippen molar-refractivity contribution >= 4 is 23.3 Å². The standard InChI is InChI=1S/C22H27N5O3/c1-26(10-4-7-18-8-5-11-30-18)22(29)16-12-19-21(24-13-16)25-14-20(28)27(19)15-17-6-2-3-9-23-17/h2-3,6,9,12-13,18H,4-5,7-8,10-11,14-15H2,1H3,(H,24,25). The van der Waals surface area contributed by atoms with Crippen molar-refractivity contribution < 1.29 is 14.3 Å². The second kappa shape index (κ2) is 9.21. The molecule has 8 nitrogen and oxygen atoms in total. The normalized spacial score (nSPS) is 18.1. The van der Waals surface area contributed by atoms with Gasteiger partial charge in [0.1, 0.15) is 0 Å². The fourth-order valence-electron chi connectivity index (χ4n) is 3.88. The smallest absolute Gasteiger partial charge is 0.255 e. The lowest BCUT2D eigenvalue weighted by atomic mass is 10.1. The average molecular weight is 409 g/mol. The molecule has 0 radical (unpaired) electrons. The highest BCUT2D eigenvalue weighted by Crippen LogP contribution is 2.30. The molecule has 4 rings (SSSR count). The van der Waals surface area contributed by atoms with E-state index in [0.29, 0.717) is 36.3 Å². The Bertz CT molecular complexity index is 899. The molecule has 2 amide bonds. The van der Waals surface area contributed by atoms with E-state index in [-0.39, 0.29) is 18.4 Å². The Morgan fingerprint density at radius 1 is 1.37 bits per heavy atom. The van der Waals surface area contributed by atoms with Gasteiger partial charge < -0.3 is 19.9 Å². The van der Waals surface area contributed by atoms with Crippen LogP contribution in [0.25, 0.3) is 0 Å². The van der Waals surface area contributed by atoms with Gasteiger partial charge in [-0.25, -0.2) is 4.98 Å². The van der Waals surface area contributed by atoms with E-state index in [2.05, 4.69) is 15.3 Å². The van der Waals surface area contributed by atoms with Gasteiger partial charge in [-0.1, -0.05) is 6.07 Å². The van der Waals surface area contributed by atoms with E-state index in [9.17, 15) is 9.59 Å². The topological polar surface area (TPSA) is 87.7 Å². The first-order valence-electron chi connectivity index (χ1n) is 10.4. The van der Waals surface area contributed by atoms with Crippen LogP contribution in [0.5, 0.6) is 0 Å². The first-order valence-corrected chi connectivity index (χ1v) is 10.4. The molecule has 2 aliphatic heterocycles. The van der Waals surface area contributed by atoms with Crippen LogP contribution in [0.15, 0.2) is 36.7 Å². The summed E-state index contributed by atoms with van der Waals surface area (Å²) in [6.07, 6.45) is 7.71. The van der Waals surface area contributed by atoms with Gasteiger partial charge in [0.2, 0.25) is 5.91 Å². The fraction of sp³-hybridized carbons (Fsp3) is 0.455. The Kier molecular flexibility index (Phi) is 6.23. The Labute approximate surface area is 176 Å². The van der Waals surface area contributed by atoms with Crippen LogP contribution >= 0.6 is 0 Å². The average Bonchev–Trinajstić information content (AvgIpc) is 3.29. The van der Waals surface area contributed by atoms with Crippen molar-refractivity contribution in [1.82, 2.24) is 14.9 Å². The maximum Gasteiger partial charge on any atom is 0.255 e. The van der Waals surface area contributed by atoms with Crippen molar-refractivity contribution in [2.75, 3.05) is 37.0 Å². The Morgan fingerprint density at radius 2 is 2.27 bits per heavy atom. The van der Waals surface area contributed by atoms with E-state index in [1.54, 1.807) is 35.3 Å². The minimum atomic E-state index is -0.103. The van der Waals surface area contributed by atoms with Gasteiger partial charge in [0, 0.05) is 32.6 Å². The third-order valence-corrected chi connectivity index (χ3v) is 5.55. The summed E-state index contributed by atoms with van der Waals surface area (Å²) < 4.78 is 5.65. The van der Waals surface area contributed by atoms with Gasteiger partial charge in [-0.15, -0.1) is 0 Å². The van der Waals surface area contributed by atoms with E-state index in [0.717, 1.165) is 38.0 Å². The Morgan fingerprint density at radius 3 is 3.03 bits per heavy atom. The van der Waals surface area contributed by atoms with Crippen molar-refractivity contribution in [2.45, 2.75) is 38.3 Å². The first kappa shape index (κ1) is 20.3. The minimum absolute atomic E-state index is 0.0792. The number of hydrogen-bond donors (Lipinski definition) is 1. The number of aromatic nitrogens is 2. The van der Waals surface area contributed by atoms with Gasteiger partial charge in [-0.3, -0.25) is 14.6 Å². The van der Waals surface area contributed by atoms with Gasteiger partial charge in [0.25, 0.3) is 5.91 Å². The van der Waals surface area contributed by atoms with Crippen LogP contribution in [0.1, 0.15) is 41.7 Å².